The van der Waals surface area contributed by atoms with Gasteiger partial charge in [-0.05, 0) is 0 Å². The molecular weight excluding hydrogens is 323 g/mol. The Kier molecular flexibility index (Phi) is 170. The summed E-state index contributed by atoms with van der Waals surface area (Å²) < 4.78 is 0. The van der Waals surface area contributed by atoms with Crippen molar-refractivity contribution in [2.75, 3.05) is 0 Å². The fourth-order valence-electron chi connectivity index (χ4n) is 0. The molecular formula is C2H6Cl3NdO3. The second-order valence-corrected chi connectivity index (χ2v) is 0.519. The summed E-state index contributed by atoms with van der Waals surface area (Å²) in [4.78, 5) is 9.00. The monoisotopic (exact) mass is 325 g/mol. The molecule has 7 heteroatoms. The molecule has 0 aromatic carbocycles. The second-order valence-electron chi connectivity index (χ2n) is 0.519. The third kappa shape index (κ3) is 207. The molecule has 0 aliphatic carbocycles. The molecule has 3 N–H and O–H groups in total. The minimum Gasteiger partial charge on any atom is -1.00 e. The maximum atomic E-state index is 9.00. The van der Waals surface area contributed by atoms with Gasteiger partial charge in [0.25, 0.3) is 5.97 Å². The van der Waals surface area contributed by atoms with Gasteiger partial charge < -0.3 is 47.8 Å². The van der Waals surface area contributed by atoms with E-state index in [0.29, 0.717) is 0 Å². The summed E-state index contributed by atoms with van der Waals surface area (Å²) in [7, 11) is 0. The zero-order chi connectivity index (χ0) is 3.58. The number of halogens is 3. The van der Waals surface area contributed by atoms with Crippen molar-refractivity contribution in [2.45, 2.75) is 6.92 Å². The third-order valence-electron chi connectivity index (χ3n) is 0. The van der Waals surface area contributed by atoms with Crippen LogP contribution in [0.2, 0.25) is 0 Å². The van der Waals surface area contributed by atoms with Crippen LogP contribution >= 0.6 is 0 Å². The minimum atomic E-state index is -0.833. The van der Waals surface area contributed by atoms with Gasteiger partial charge in [-0.3, -0.25) is 4.79 Å². The quantitative estimate of drug-likeness (QED) is 0.480. The van der Waals surface area contributed by atoms with Gasteiger partial charge in [0.2, 0.25) is 0 Å². The Hall–Kier alpha value is 1.65. The molecule has 0 aliphatic rings. The van der Waals surface area contributed by atoms with Gasteiger partial charge in [0, 0.05) is 6.92 Å². The molecule has 0 aromatic rings. The fraction of sp³-hybridized carbons (Fsp3) is 0.500. The van der Waals surface area contributed by atoms with Crippen molar-refractivity contribution >= 4 is 5.97 Å². The van der Waals surface area contributed by atoms with Crippen molar-refractivity contribution < 1.29 is 93.4 Å². The Balaban J connectivity index is -0.00000000450. The van der Waals surface area contributed by atoms with Gasteiger partial charge in [0.05, 0.1) is 0 Å². The molecule has 0 bridgehead atoms. The Morgan fingerprint density at radius 1 is 1.22 bits per heavy atom. The van der Waals surface area contributed by atoms with Crippen LogP contribution in [0, 0.1) is 40.8 Å². The van der Waals surface area contributed by atoms with Crippen LogP contribution < -0.4 is 37.2 Å². The average Bonchev–Trinajstić information content (AvgIpc) is 0.811. The third-order valence-corrected chi connectivity index (χ3v) is 0. The topological polar surface area (TPSA) is 68.8 Å². The summed E-state index contributed by atoms with van der Waals surface area (Å²) in [5.41, 5.74) is 0. The van der Waals surface area contributed by atoms with E-state index in [1.807, 2.05) is 0 Å². The summed E-state index contributed by atoms with van der Waals surface area (Å²) in [6.45, 7) is 1.08. The van der Waals surface area contributed by atoms with Crippen molar-refractivity contribution in [1.29, 1.82) is 0 Å². The molecule has 0 saturated carbocycles. The van der Waals surface area contributed by atoms with Gasteiger partial charge in [-0.2, -0.15) is 0 Å². The Morgan fingerprint density at radius 2 is 1.22 bits per heavy atom. The molecule has 0 atom stereocenters. The van der Waals surface area contributed by atoms with E-state index >= 15 is 0 Å². The SMILES string of the molecule is CC(=O)O.O.[Cl-].[Cl-].[Cl-].[Nd+3]. The largest absolute Gasteiger partial charge is 3.00 e. The van der Waals surface area contributed by atoms with E-state index in [9.17, 15) is 0 Å². The summed E-state index contributed by atoms with van der Waals surface area (Å²) in [6, 6.07) is 0. The van der Waals surface area contributed by atoms with Crippen molar-refractivity contribution in [1.82, 2.24) is 0 Å². The molecule has 1 radical (unpaired) electrons. The summed E-state index contributed by atoms with van der Waals surface area (Å²) in [5.74, 6) is -0.833. The first-order chi connectivity index (χ1) is 1.73. The maximum absolute atomic E-state index is 9.00. The zero-order valence-electron chi connectivity index (χ0n) is 4.49. The van der Waals surface area contributed by atoms with Crippen molar-refractivity contribution in [2.24, 2.45) is 0 Å². The average molecular weight is 329 g/mol. The van der Waals surface area contributed by atoms with Crippen LogP contribution in [0.1, 0.15) is 6.92 Å². The Labute approximate surface area is 105 Å². The summed E-state index contributed by atoms with van der Waals surface area (Å²) in [5, 5.41) is 7.42. The van der Waals surface area contributed by atoms with E-state index in [0.717, 1.165) is 6.92 Å². The van der Waals surface area contributed by atoms with Crippen LogP contribution in [-0.2, 0) is 4.79 Å². The van der Waals surface area contributed by atoms with E-state index in [-0.39, 0.29) is 83.5 Å². The van der Waals surface area contributed by atoms with Crippen molar-refractivity contribution in [3.8, 4) is 0 Å². The molecule has 0 spiro atoms. The smallest absolute Gasteiger partial charge is 1.00 e. The molecule has 0 rings (SSSR count). The van der Waals surface area contributed by atoms with Gasteiger partial charge >= 0.3 is 40.8 Å². The maximum Gasteiger partial charge on any atom is 3.00 e. The van der Waals surface area contributed by atoms with Crippen LogP contribution in [0.3, 0.4) is 0 Å². The number of carboxylic acid groups (broad SMARTS) is 1. The Morgan fingerprint density at radius 3 is 1.22 bits per heavy atom. The van der Waals surface area contributed by atoms with Gasteiger partial charge in [-0.1, -0.05) is 0 Å². The first-order valence-corrected chi connectivity index (χ1v) is 0.928. The van der Waals surface area contributed by atoms with Gasteiger partial charge in [0.1, 0.15) is 0 Å². The van der Waals surface area contributed by atoms with E-state index in [1.165, 1.54) is 0 Å². The minimum absolute atomic E-state index is 0. The first-order valence-electron chi connectivity index (χ1n) is 0.928. The molecule has 0 aliphatic heterocycles. The molecule has 0 aromatic heterocycles. The normalized spacial score (nSPS) is 2.78. The number of rotatable bonds is 0. The predicted molar refractivity (Wildman–Crippen MR) is 16.9 cm³/mol. The standard InChI is InChI=1S/C2H4O2.3ClH.Nd.H2O/c1-2(3)4;;;;;/h1H3,(H,3,4);3*1H;;1H2/q;;;;+3;/p-3. The van der Waals surface area contributed by atoms with Crippen LogP contribution in [0.5, 0.6) is 0 Å². The van der Waals surface area contributed by atoms with E-state index in [2.05, 4.69) is 0 Å². The Bertz CT molecular complexity index is 40.0. The fourth-order valence-corrected chi connectivity index (χ4v) is 0. The molecule has 0 fully saturated rings. The molecule has 0 saturated heterocycles. The zero-order valence-corrected chi connectivity index (χ0v) is 9.97. The van der Waals surface area contributed by atoms with E-state index < -0.39 is 5.97 Å². The molecule has 0 unspecified atom stereocenters. The second kappa shape index (κ2) is 33.4. The molecule has 9 heavy (non-hydrogen) atoms. The van der Waals surface area contributed by atoms with Crippen LogP contribution in [-0.4, -0.2) is 16.6 Å². The van der Waals surface area contributed by atoms with E-state index in [4.69, 9.17) is 9.90 Å². The van der Waals surface area contributed by atoms with Crippen LogP contribution in [0.15, 0.2) is 0 Å². The summed E-state index contributed by atoms with van der Waals surface area (Å²) in [6.07, 6.45) is 0. The van der Waals surface area contributed by atoms with E-state index in [1.54, 1.807) is 0 Å². The van der Waals surface area contributed by atoms with Crippen molar-refractivity contribution in [3.63, 3.8) is 0 Å². The predicted octanol–water partition coefficient (Wildman–Crippen LogP) is -9.72. The number of carbonyl (C=O) groups is 1. The number of aliphatic carboxylic acids is 1. The van der Waals surface area contributed by atoms with Crippen molar-refractivity contribution in [3.05, 3.63) is 0 Å². The first kappa shape index (κ1) is 45.9. The number of hydrogen-bond acceptors (Lipinski definition) is 1. The molecule has 3 nitrogen and oxygen atoms in total. The van der Waals surface area contributed by atoms with Gasteiger partial charge in [-0.25, -0.2) is 0 Å². The van der Waals surface area contributed by atoms with Crippen LogP contribution in [0.4, 0.5) is 0 Å². The number of carboxylic acids is 1. The van der Waals surface area contributed by atoms with Gasteiger partial charge in [0.15, 0.2) is 0 Å². The van der Waals surface area contributed by atoms with Crippen LogP contribution in [0.25, 0.3) is 0 Å². The molecule has 0 heterocycles. The number of hydrogen-bond donors (Lipinski definition) is 1. The van der Waals surface area contributed by atoms with Gasteiger partial charge in [-0.15, -0.1) is 0 Å². The molecule has 0 amide bonds. The molecule has 57 valence electrons. The summed E-state index contributed by atoms with van der Waals surface area (Å²) >= 11 is 0.